The van der Waals surface area contributed by atoms with Crippen LogP contribution in [0.3, 0.4) is 0 Å². The van der Waals surface area contributed by atoms with Gasteiger partial charge in [0.05, 0.1) is 0 Å². The van der Waals surface area contributed by atoms with Crippen molar-refractivity contribution in [2.45, 2.75) is 0 Å². The topological polar surface area (TPSA) is 238 Å². The first-order valence-corrected chi connectivity index (χ1v) is 13.3. The molecule has 0 spiro atoms. The molecule has 0 fully saturated rings. The monoisotopic (exact) mass is 684 g/mol. The second-order valence-electron chi connectivity index (χ2n) is 1.33. The predicted octanol–water partition coefficient (Wildman–Crippen LogP) is -6.17. The van der Waals surface area contributed by atoms with Crippen LogP contribution < -0.4 is 15.0 Å². The van der Waals surface area contributed by atoms with Gasteiger partial charge in [-0.2, -0.15) is 0 Å². The minimum Gasteiger partial charge on any atom is 4.00 e. The summed E-state index contributed by atoms with van der Waals surface area (Å²) in [6, 6.07) is 0. The summed E-state index contributed by atoms with van der Waals surface area (Å²) in [5.74, 6) is 0. The smallest absolute Gasteiger partial charge is 4.00 e. The molecule has 0 saturated carbocycles. The second-order valence-corrected chi connectivity index (χ2v) is 8.22. The van der Waals surface area contributed by atoms with Crippen LogP contribution in [0.25, 0.3) is 0 Å². The summed E-state index contributed by atoms with van der Waals surface area (Å²) in [6.07, 6.45) is 0. The molecule has 16 heavy (non-hydrogen) atoms. The molecule has 0 aromatic heterocycles. The number of hydrogen-bond donors (Lipinski definition) is 3. The van der Waals surface area contributed by atoms with Crippen LogP contribution in [0.1, 0.15) is 0 Å². The Kier molecular flexibility index (Phi) is 16.9. The van der Waals surface area contributed by atoms with Crippen molar-refractivity contribution < 1.29 is 108 Å². The minimum atomic E-state index is -6.17. The van der Waals surface area contributed by atoms with Crippen molar-refractivity contribution in [2.75, 3.05) is 0 Å². The number of phosphoric acid groups is 1. The zero-order valence-electron chi connectivity index (χ0n) is 6.78. The second kappa shape index (κ2) is 10.3. The maximum atomic E-state index is 8.88. The molecule has 12 nitrogen and oxygen atoms in total. The molecule has 0 unspecified atom stereocenters. The van der Waals surface area contributed by atoms with Gasteiger partial charge in [-0.15, -0.1) is 0 Å². The van der Waals surface area contributed by atoms with E-state index in [9.17, 15) is 0 Å². The van der Waals surface area contributed by atoms with Gasteiger partial charge in [-0.3, -0.25) is 0 Å². The molecule has 3 N–H and O–H groups in total. The van der Waals surface area contributed by atoms with Crippen LogP contribution in [-0.4, -0.2) is 14.7 Å². The van der Waals surface area contributed by atoms with Crippen LogP contribution in [0.5, 0.6) is 0 Å². The van der Waals surface area contributed by atoms with Crippen molar-refractivity contribution in [2.24, 2.45) is 0 Å². The van der Waals surface area contributed by atoms with E-state index in [-0.39, 0.29) is 26.2 Å². The fraction of sp³-hybridized carbons (Fsp3) is 0. The Labute approximate surface area is 114 Å². The van der Waals surface area contributed by atoms with E-state index < -0.39 is 41.3 Å². The molecule has 0 bridgehead atoms. The van der Waals surface area contributed by atoms with E-state index in [4.69, 9.17) is 47.9 Å². The molecule has 0 atom stereocenters. The van der Waals surface area contributed by atoms with E-state index >= 15 is 0 Å². The van der Waals surface area contributed by atoms with Gasteiger partial charge in [-0.05, 0) is 0 Å². The van der Waals surface area contributed by atoms with Gasteiger partial charge in [0.15, 0.2) is 0 Å². The van der Waals surface area contributed by atoms with Gasteiger partial charge < -0.3 is 14.7 Å². The molecule has 0 aromatic carbocycles. The fourth-order valence-electron chi connectivity index (χ4n) is 0. The zero-order valence-corrected chi connectivity index (χ0v) is 16.0. The SMILES string of the molecule is O=P(O)(O)O.[O]=[W](=[O])([O-])[O-].[O]=[W](=[O])([O-])[O-].[Zr+4]. The van der Waals surface area contributed by atoms with E-state index in [1.54, 1.807) is 0 Å². The molecular formula is H3O12PW2Zr. The molecule has 0 aliphatic heterocycles. The van der Waals surface area contributed by atoms with Gasteiger partial charge in [0.25, 0.3) is 0 Å². The Bertz CT molecular complexity index is 326. The third-order valence-corrected chi connectivity index (χ3v) is 0. The summed E-state index contributed by atoms with van der Waals surface area (Å²) in [5.41, 5.74) is 0. The largest absolute Gasteiger partial charge is 4.00 e. The molecule has 0 amide bonds. The molecule has 96 valence electrons. The molecular weight excluding hydrogens is 682 g/mol. The van der Waals surface area contributed by atoms with Crippen LogP contribution in [0, 0.1) is 0 Å². The van der Waals surface area contributed by atoms with E-state index in [0.717, 1.165) is 0 Å². The fourth-order valence-corrected chi connectivity index (χ4v) is 0. The quantitative estimate of drug-likeness (QED) is 0.202. The van der Waals surface area contributed by atoms with Gasteiger partial charge in [0.2, 0.25) is 0 Å². The number of rotatable bonds is 0. The van der Waals surface area contributed by atoms with Crippen molar-refractivity contribution >= 4 is 7.82 Å². The van der Waals surface area contributed by atoms with E-state index in [1.807, 2.05) is 0 Å². The predicted molar refractivity (Wildman–Crippen MR) is 17.0 cm³/mol. The maximum absolute atomic E-state index is 8.88. The molecule has 0 rings (SSSR count). The Hall–Kier alpha value is 1.41. The summed E-state index contributed by atoms with van der Waals surface area (Å²) in [5, 5.41) is 0. The molecule has 0 saturated heterocycles. The number of hydrogen-bond acceptors (Lipinski definition) is 9. The summed E-state index contributed by atoms with van der Waals surface area (Å²) < 4.78 is 78.0. The van der Waals surface area contributed by atoms with Gasteiger partial charge in [0, 0.05) is 0 Å². The minimum absolute atomic E-state index is 0. The summed E-state index contributed by atoms with van der Waals surface area (Å²) >= 11 is -12.3. The van der Waals surface area contributed by atoms with Gasteiger partial charge in [-0.25, -0.2) is 4.57 Å². The van der Waals surface area contributed by atoms with Crippen LogP contribution in [0.15, 0.2) is 0 Å². The average molecular weight is 685 g/mol. The van der Waals surface area contributed by atoms with Crippen LogP contribution in [0.2, 0.25) is 0 Å². The van der Waals surface area contributed by atoms with Crippen molar-refractivity contribution in [3.8, 4) is 0 Å². The maximum Gasteiger partial charge on any atom is 4.00 e. The standard InChI is InChI=1S/H3O4P.8O.2W.Zr/c1-5(2,3)4;;;;;;;;;;;/h(H3,1,2,3,4);;;;;;;;;;;/q;;;;;4*-1;;;+4. The van der Waals surface area contributed by atoms with Crippen molar-refractivity contribution in [3.05, 3.63) is 0 Å². The first-order valence-electron chi connectivity index (χ1n) is 2.12. The average Bonchev–Trinajstić information content (AvgIpc) is 1.41. The molecule has 0 heterocycles. The first kappa shape index (κ1) is 26.1. The summed E-state index contributed by atoms with van der Waals surface area (Å²) in [7, 11) is -4.64. The van der Waals surface area contributed by atoms with E-state index in [1.165, 1.54) is 0 Å². The van der Waals surface area contributed by atoms with Crippen LogP contribution in [-0.2, 0) is 77.9 Å². The van der Waals surface area contributed by atoms with Crippen molar-refractivity contribution in [1.82, 2.24) is 0 Å². The molecule has 0 radical (unpaired) electrons. The Morgan fingerprint density at radius 2 is 0.750 bits per heavy atom. The Balaban J connectivity index is -0.0000000655. The van der Waals surface area contributed by atoms with Crippen LogP contribution in [0.4, 0.5) is 0 Å². The summed E-state index contributed by atoms with van der Waals surface area (Å²) in [4.78, 5) is 21.6. The Morgan fingerprint density at radius 1 is 0.750 bits per heavy atom. The van der Waals surface area contributed by atoms with Crippen molar-refractivity contribution in [3.63, 3.8) is 0 Å². The van der Waals surface area contributed by atoms with Gasteiger partial charge in [0.1, 0.15) is 0 Å². The van der Waals surface area contributed by atoms with Gasteiger partial charge in [-0.1, -0.05) is 0 Å². The van der Waals surface area contributed by atoms with Gasteiger partial charge >= 0.3 is 96.1 Å². The van der Waals surface area contributed by atoms with Crippen LogP contribution >= 0.6 is 7.82 Å². The normalized spacial score (nSPS) is 10.9. The van der Waals surface area contributed by atoms with Crippen molar-refractivity contribution in [1.29, 1.82) is 0 Å². The molecule has 0 aromatic rings. The van der Waals surface area contributed by atoms with E-state index in [0.29, 0.717) is 0 Å². The van der Waals surface area contributed by atoms with E-state index in [2.05, 4.69) is 0 Å². The molecule has 16 heteroatoms. The summed E-state index contributed by atoms with van der Waals surface area (Å²) in [6.45, 7) is 0. The first-order chi connectivity index (χ1) is 6.00. The third kappa shape index (κ3) is 1610. The zero-order chi connectivity index (χ0) is 13.5. The molecule has 0 aliphatic carbocycles. The third-order valence-electron chi connectivity index (χ3n) is 0. The molecule has 0 aliphatic rings. The Morgan fingerprint density at radius 3 is 0.750 bits per heavy atom.